The molecule has 1 aromatic rings. The van der Waals surface area contributed by atoms with E-state index in [2.05, 4.69) is 15.6 Å². The topological polar surface area (TPSA) is 57.3 Å². The molecular weight excluding hydrogens is 285 g/mol. The second-order valence-corrected chi connectivity index (χ2v) is 4.47. The Labute approximate surface area is 121 Å². The molecule has 0 aliphatic heterocycles. The highest BCUT2D eigenvalue weighted by Crippen LogP contribution is 2.32. The number of rotatable bonds is 6. The molecule has 0 saturated heterocycles. The number of pyridine rings is 1. The molecule has 0 aliphatic carbocycles. The maximum atomic E-state index is 12.9. The molecule has 0 bridgehead atoms. The van der Waals surface area contributed by atoms with Gasteiger partial charge in [-0.3, -0.25) is 4.79 Å². The number of nitrogens with one attached hydrogen (secondary N) is 2. The Morgan fingerprint density at radius 2 is 2.05 bits per heavy atom. The number of amides is 1. The minimum Gasteiger partial charge on any atom is -0.370 e. The van der Waals surface area contributed by atoms with E-state index in [0.717, 1.165) is 12.1 Å². The highest BCUT2D eigenvalue weighted by atomic mass is 19.4. The lowest BCUT2D eigenvalue weighted by molar-refractivity contribution is -0.137. The fourth-order valence-corrected chi connectivity index (χ4v) is 1.66. The van der Waals surface area contributed by atoms with Crippen molar-refractivity contribution < 1.29 is 18.0 Å². The number of anilines is 2. The van der Waals surface area contributed by atoms with Crippen LogP contribution in [0.5, 0.6) is 0 Å². The Kier molecular flexibility index (Phi) is 5.80. The van der Waals surface area contributed by atoms with E-state index >= 15 is 0 Å². The Hall–Kier alpha value is -1.99. The van der Waals surface area contributed by atoms with Crippen molar-refractivity contribution in [3.05, 3.63) is 17.7 Å². The van der Waals surface area contributed by atoms with Gasteiger partial charge in [0.05, 0.1) is 5.56 Å². The maximum absolute atomic E-state index is 12.9. The number of alkyl halides is 3. The monoisotopic (exact) mass is 304 g/mol. The number of hydrogen-bond donors (Lipinski definition) is 2. The Morgan fingerprint density at radius 1 is 1.38 bits per heavy atom. The fraction of sp³-hybridized carbons (Fsp3) is 0.538. The molecule has 118 valence electrons. The van der Waals surface area contributed by atoms with Crippen LogP contribution < -0.4 is 15.5 Å². The van der Waals surface area contributed by atoms with Gasteiger partial charge in [-0.05, 0) is 19.1 Å². The van der Waals surface area contributed by atoms with Crippen molar-refractivity contribution in [3.8, 4) is 0 Å². The zero-order chi connectivity index (χ0) is 16.0. The molecule has 0 fully saturated rings. The summed E-state index contributed by atoms with van der Waals surface area (Å²) in [4.78, 5) is 16.8. The van der Waals surface area contributed by atoms with Crippen molar-refractivity contribution in [2.24, 2.45) is 0 Å². The molecule has 0 radical (unpaired) electrons. The van der Waals surface area contributed by atoms with Crippen molar-refractivity contribution in [2.75, 3.05) is 37.4 Å². The molecule has 1 rings (SSSR count). The molecule has 1 amide bonds. The summed E-state index contributed by atoms with van der Waals surface area (Å²) < 4.78 is 38.6. The van der Waals surface area contributed by atoms with Crippen molar-refractivity contribution in [3.63, 3.8) is 0 Å². The largest absolute Gasteiger partial charge is 0.416 e. The summed E-state index contributed by atoms with van der Waals surface area (Å²) in [6.07, 6.45) is -4.26. The molecule has 8 heteroatoms. The fourth-order valence-electron chi connectivity index (χ4n) is 1.66. The number of aromatic nitrogens is 1. The molecule has 2 N–H and O–H groups in total. The van der Waals surface area contributed by atoms with E-state index in [0.29, 0.717) is 6.54 Å². The highest BCUT2D eigenvalue weighted by molar-refractivity contribution is 5.76. The van der Waals surface area contributed by atoms with E-state index in [4.69, 9.17) is 0 Å². The lowest BCUT2D eigenvalue weighted by atomic mass is 10.2. The predicted molar refractivity (Wildman–Crippen MR) is 75.4 cm³/mol. The first kappa shape index (κ1) is 17.1. The summed E-state index contributed by atoms with van der Waals surface area (Å²) in [5.74, 6) is 0.152. The number of hydrogen-bond acceptors (Lipinski definition) is 4. The molecule has 5 nitrogen and oxygen atoms in total. The van der Waals surface area contributed by atoms with Gasteiger partial charge in [-0.15, -0.1) is 0 Å². The minimum atomic E-state index is -4.44. The van der Waals surface area contributed by atoms with Crippen LogP contribution >= 0.6 is 0 Å². The first-order chi connectivity index (χ1) is 9.77. The normalized spacial score (nSPS) is 11.1. The van der Waals surface area contributed by atoms with Crippen LogP contribution in [0.25, 0.3) is 0 Å². The van der Waals surface area contributed by atoms with Crippen LogP contribution in [-0.4, -0.2) is 38.1 Å². The zero-order valence-corrected chi connectivity index (χ0v) is 12.2. The van der Waals surface area contributed by atoms with Crippen LogP contribution in [-0.2, 0) is 11.0 Å². The van der Waals surface area contributed by atoms with Gasteiger partial charge in [0.15, 0.2) is 0 Å². The standard InChI is InChI=1S/C13H19F3N4O/c1-4-18-10-7-9(13(14,15)16)8-11(19-10)20(3)6-5-12(21)17-2/h7-8H,4-6H2,1-3H3,(H,17,21)(H,18,19). The van der Waals surface area contributed by atoms with Crippen LogP contribution in [0.1, 0.15) is 18.9 Å². The summed E-state index contributed by atoms with van der Waals surface area (Å²) in [5.41, 5.74) is -0.768. The van der Waals surface area contributed by atoms with Crippen LogP contribution in [0.2, 0.25) is 0 Å². The SMILES string of the molecule is CCNc1cc(C(F)(F)F)cc(N(C)CCC(=O)NC)n1. The average molecular weight is 304 g/mol. The molecular formula is C13H19F3N4O. The summed E-state index contributed by atoms with van der Waals surface area (Å²) >= 11 is 0. The molecule has 21 heavy (non-hydrogen) atoms. The molecule has 0 unspecified atom stereocenters. The van der Waals surface area contributed by atoms with Crippen molar-refractivity contribution >= 4 is 17.5 Å². The third-order valence-electron chi connectivity index (χ3n) is 2.84. The van der Waals surface area contributed by atoms with E-state index in [1.165, 1.54) is 11.9 Å². The second kappa shape index (κ2) is 7.14. The van der Waals surface area contributed by atoms with Gasteiger partial charge in [0.25, 0.3) is 0 Å². The van der Waals surface area contributed by atoms with Crippen molar-refractivity contribution in [2.45, 2.75) is 19.5 Å². The number of carbonyl (C=O) groups is 1. The summed E-state index contributed by atoms with van der Waals surface area (Å²) in [6, 6.07) is 1.95. The number of carbonyl (C=O) groups excluding carboxylic acids is 1. The third kappa shape index (κ3) is 5.13. The van der Waals surface area contributed by atoms with Gasteiger partial charge in [0.1, 0.15) is 11.6 Å². The molecule has 1 heterocycles. The van der Waals surface area contributed by atoms with E-state index < -0.39 is 11.7 Å². The third-order valence-corrected chi connectivity index (χ3v) is 2.84. The average Bonchev–Trinajstić information content (AvgIpc) is 2.43. The number of halogens is 3. The molecule has 0 saturated carbocycles. The van der Waals surface area contributed by atoms with Gasteiger partial charge in [-0.1, -0.05) is 0 Å². The van der Waals surface area contributed by atoms with Gasteiger partial charge >= 0.3 is 6.18 Å². The summed E-state index contributed by atoms with van der Waals surface area (Å²) in [5, 5.41) is 5.24. The lowest BCUT2D eigenvalue weighted by Gasteiger charge is -2.20. The van der Waals surface area contributed by atoms with Crippen LogP contribution in [0.4, 0.5) is 24.8 Å². The summed E-state index contributed by atoms with van der Waals surface area (Å²) in [7, 11) is 3.11. The van der Waals surface area contributed by atoms with Crippen LogP contribution in [0.15, 0.2) is 12.1 Å². The van der Waals surface area contributed by atoms with Gasteiger partial charge in [0.2, 0.25) is 5.91 Å². The Balaban J connectivity index is 2.99. The quantitative estimate of drug-likeness (QED) is 0.845. The zero-order valence-electron chi connectivity index (χ0n) is 12.2. The molecule has 0 spiro atoms. The van der Waals surface area contributed by atoms with E-state index in [1.807, 2.05) is 0 Å². The maximum Gasteiger partial charge on any atom is 0.416 e. The van der Waals surface area contributed by atoms with Crippen LogP contribution in [0.3, 0.4) is 0 Å². The van der Waals surface area contributed by atoms with E-state index in [-0.39, 0.29) is 30.5 Å². The van der Waals surface area contributed by atoms with Gasteiger partial charge in [-0.25, -0.2) is 4.98 Å². The molecule has 0 aliphatic rings. The first-order valence-electron chi connectivity index (χ1n) is 6.52. The Bertz CT molecular complexity index is 491. The minimum absolute atomic E-state index is 0.161. The molecule has 1 aromatic heterocycles. The van der Waals surface area contributed by atoms with Crippen molar-refractivity contribution in [1.82, 2.24) is 10.3 Å². The highest BCUT2D eigenvalue weighted by Gasteiger charge is 2.32. The summed E-state index contributed by atoms with van der Waals surface area (Å²) in [6.45, 7) is 2.52. The Morgan fingerprint density at radius 3 is 2.57 bits per heavy atom. The molecule has 0 atom stereocenters. The van der Waals surface area contributed by atoms with Crippen molar-refractivity contribution in [1.29, 1.82) is 0 Å². The molecule has 0 aromatic carbocycles. The van der Waals surface area contributed by atoms with Crippen LogP contribution in [0, 0.1) is 0 Å². The van der Waals surface area contributed by atoms with Gasteiger partial charge in [0, 0.05) is 33.6 Å². The smallest absolute Gasteiger partial charge is 0.370 e. The van der Waals surface area contributed by atoms with E-state index in [1.54, 1.807) is 14.0 Å². The van der Waals surface area contributed by atoms with Gasteiger partial charge < -0.3 is 15.5 Å². The van der Waals surface area contributed by atoms with Gasteiger partial charge in [-0.2, -0.15) is 13.2 Å². The number of nitrogens with zero attached hydrogens (tertiary/aromatic N) is 2. The second-order valence-electron chi connectivity index (χ2n) is 4.47. The first-order valence-corrected chi connectivity index (χ1v) is 6.52. The lowest BCUT2D eigenvalue weighted by Crippen LogP contribution is -2.27. The predicted octanol–water partition coefficient (Wildman–Crippen LogP) is 2.10. The van der Waals surface area contributed by atoms with E-state index in [9.17, 15) is 18.0 Å².